The van der Waals surface area contributed by atoms with Gasteiger partial charge < -0.3 is 9.84 Å². The molecular formula is C25H29FN4O2S. The Balaban J connectivity index is 1.13. The average molecular weight is 469 g/mol. The molecule has 0 radical (unpaired) electrons. The normalized spacial score (nSPS) is 15.0. The number of aryl methyl sites for hydroxylation is 1. The summed E-state index contributed by atoms with van der Waals surface area (Å²) < 4.78 is 18.4. The van der Waals surface area contributed by atoms with E-state index < -0.39 is 0 Å². The summed E-state index contributed by atoms with van der Waals surface area (Å²) in [5, 5.41) is 7.10. The number of hydrogen-bond donors (Lipinski definition) is 1. The maximum atomic E-state index is 13.1. The molecule has 2 aromatic carbocycles. The zero-order valence-electron chi connectivity index (χ0n) is 18.8. The lowest BCUT2D eigenvalue weighted by Crippen LogP contribution is -2.40. The minimum Gasteiger partial charge on any atom is -0.356 e. The highest BCUT2D eigenvalue weighted by atomic mass is 32.2. The van der Waals surface area contributed by atoms with Crippen molar-refractivity contribution in [3.8, 4) is 11.4 Å². The van der Waals surface area contributed by atoms with Crippen LogP contribution in [-0.4, -0.2) is 46.3 Å². The van der Waals surface area contributed by atoms with Crippen molar-refractivity contribution in [2.45, 2.75) is 37.6 Å². The molecule has 1 amide bonds. The Labute approximate surface area is 197 Å². The van der Waals surface area contributed by atoms with Crippen LogP contribution in [0.25, 0.3) is 11.4 Å². The van der Waals surface area contributed by atoms with Crippen molar-refractivity contribution in [3.05, 3.63) is 65.8 Å². The molecule has 1 fully saturated rings. The number of hydrogen-bond acceptors (Lipinski definition) is 6. The van der Waals surface area contributed by atoms with Crippen molar-refractivity contribution in [1.29, 1.82) is 0 Å². The first-order chi connectivity index (χ1) is 16.1. The molecular weight excluding hydrogens is 439 g/mol. The number of benzene rings is 2. The van der Waals surface area contributed by atoms with Gasteiger partial charge in [0.2, 0.25) is 17.6 Å². The molecule has 1 N–H and O–H groups in total. The lowest BCUT2D eigenvalue weighted by atomic mass is 9.96. The van der Waals surface area contributed by atoms with Crippen LogP contribution in [-0.2, 0) is 11.3 Å². The number of carbonyl (C=O) groups is 1. The van der Waals surface area contributed by atoms with Crippen molar-refractivity contribution in [2.75, 3.05) is 25.4 Å². The van der Waals surface area contributed by atoms with Gasteiger partial charge in [-0.1, -0.05) is 22.9 Å². The molecule has 2 heterocycles. The summed E-state index contributed by atoms with van der Waals surface area (Å²) in [4.78, 5) is 20.4. The van der Waals surface area contributed by atoms with Crippen LogP contribution >= 0.6 is 11.8 Å². The topological polar surface area (TPSA) is 71.3 Å². The number of aromatic nitrogens is 2. The third-order valence-corrected chi connectivity index (χ3v) is 6.90. The maximum Gasteiger partial charge on any atom is 0.241 e. The molecule has 8 heteroatoms. The summed E-state index contributed by atoms with van der Waals surface area (Å²) in [6.07, 6.45) is 2.60. The van der Waals surface area contributed by atoms with Crippen molar-refractivity contribution in [2.24, 2.45) is 5.92 Å². The molecule has 0 saturated carbocycles. The van der Waals surface area contributed by atoms with Gasteiger partial charge in [-0.05, 0) is 81.4 Å². The van der Waals surface area contributed by atoms with Crippen LogP contribution in [0.2, 0.25) is 0 Å². The van der Waals surface area contributed by atoms with Gasteiger partial charge in [-0.15, -0.1) is 11.8 Å². The Morgan fingerprint density at radius 3 is 2.61 bits per heavy atom. The molecule has 1 aliphatic heterocycles. The van der Waals surface area contributed by atoms with Gasteiger partial charge in [0.15, 0.2) is 0 Å². The SMILES string of the molecule is Cc1ccc(SCCCNC(=O)C2CCN(Cc3nc(-c4ccc(F)cc4)no3)CC2)cc1. The zero-order valence-corrected chi connectivity index (χ0v) is 19.6. The Kier molecular flexibility index (Phi) is 8.12. The second kappa shape index (κ2) is 11.4. The van der Waals surface area contributed by atoms with Gasteiger partial charge in [0.25, 0.3) is 0 Å². The molecule has 33 heavy (non-hydrogen) atoms. The third kappa shape index (κ3) is 6.88. The summed E-state index contributed by atoms with van der Waals surface area (Å²) in [6.45, 7) is 4.99. The van der Waals surface area contributed by atoms with E-state index in [1.165, 1.54) is 22.6 Å². The van der Waals surface area contributed by atoms with Crippen LogP contribution in [0.5, 0.6) is 0 Å². The Bertz CT molecular complexity index is 1030. The van der Waals surface area contributed by atoms with Gasteiger partial charge in [-0.2, -0.15) is 4.98 Å². The van der Waals surface area contributed by atoms with Crippen LogP contribution in [0.15, 0.2) is 57.9 Å². The highest BCUT2D eigenvalue weighted by Gasteiger charge is 2.25. The molecule has 3 aromatic rings. The third-order valence-electron chi connectivity index (χ3n) is 5.80. The van der Waals surface area contributed by atoms with E-state index in [2.05, 4.69) is 51.5 Å². The predicted octanol–water partition coefficient (Wildman–Crippen LogP) is 4.69. The lowest BCUT2D eigenvalue weighted by molar-refractivity contribution is -0.126. The monoisotopic (exact) mass is 468 g/mol. The van der Waals surface area contributed by atoms with Gasteiger partial charge in [0.05, 0.1) is 6.54 Å². The minimum atomic E-state index is -0.296. The quantitative estimate of drug-likeness (QED) is 0.363. The predicted molar refractivity (Wildman–Crippen MR) is 127 cm³/mol. The van der Waals surface area contributed by atoms with E-state index in [4.69, 9.17) is 4.52 Å². The van der Waals surface area contributed by atoms with E-state index in [-0.39, 0.29) is 17.6 Å². The minimum absolute atomic E-state index is 0.0588. The summed E-state index contributed by atoms with van der Waals surface area (Å²) in [5.41, 5.74) is 1.99. The molecule has 6 nitrogen and oxygen atoms in total. The molecule has 0 spiro atoms. The Hall–Kier alpha value is -2.71. The van der Waals surface area contributed by atoms with E-state index in [9.17, 15) is 9.18 Å². The number of amides is 1. The smallest absolute Gasteiger partial charge is 0.241 e. The van der Waals surface area contributed by atoms with Crippen molar-refractivity contribution >= 4 is 17.7 Å². The lowest BCUT2D eigenvalue weighted by Gasteiger charge is -2.30. The maximum absolute atomic E-state index is 13.1. The summed E-state index contributed by atoms with van der Waals surface area (Å²) in [7, 11) is 0. The average Bonchev–Trinajstić information content (AvgIpc) is 3.29. The first-order valence-electron chi connectivity index (χ1n) is 11.3. The molecule has 174 valence electrons. The number of carbonyl (C=O) groups excluding carboxylic acids is 1. The van der Waals surface area contributed by atoms with Gasteiger partial charge in [0.1, 0.15) is 5.82 Å². The number of thioether (sulfide) groups is 1. The molecule has 0 unspecified atom stereocenters. The van der Waals surface area contributed by atoms with Crippen LogP contribution in [0, 0.1) is 18.7 Å². The van der Waals surface area contributed by atoms with Crippen LogP contribution in [0.1, 0.15) is 30.7 Å². The van der Waals surface area contributed by atoms with Crippen LogP contribution < -0.4 is 5.32 Å². The van der Waals surface area contributed by atoms with E-state index in [0.29, 0.717) is 24.8 Å². The van der Waals surface area contributed by atoms with Gasteiger partial charge in [0, 0.05) is 22.9 Å². The summed E-state index contributed by atoms with van der Waals surface area (Å²) in [5.74, 6) is 1.90. The van der Waals surface area contributed by atoms with Gasteiger partial charge in [-0.3, -0.25) is 9.69 Å². The number of nitrogens with zero attached hydrogens (tertiary/aromatic N) is 3. The largest absolute Gasteiger partial charge is 0.356 e. The molecule has 0 aliphatic carbocycles. The zero-order chi connectivity index (χ0) is 23.0. The fraction of sp³-hybridized carbons (Fsp3) is 0.400. The first kappa shape index (κ1) is 23.4. The van der Waals surface area contributed by atoms with E-state index >= 15 is 0 Å². The molecule has 0 atom stereocenters. The van der Waals surface area contributed by atoms with Crippen molar-refractivity contribution < 1.29 is 13.7 Å². The summed E-state index contributed by atoms with van der Waals surface area (Å²) >= 11 is 1.82. The molecule has 1 aromatic heterocycles. The number of nitrogens with one attached hydrogen (secondary N) is 1. The fourth-order valence-corrected chi connectivity index (χ4v) is 4.69. The Morgan fingerprint density at radius 2 is 1.88 bits per heavy atom. The second-order valence-corrected chi connectivity index (χ2v) is 9.54. The number of piperidine rings is 1. The van der Waals surface area contributed by atoms with Crippen LogP contribution in [0.3, 0.4) is 0 Å². The Morgan fingerprint density at radius 1 is 1.15 bits per heavy atom. The highest BCUT2D eigenvalue weighted by Crippen LogP contribution is 2.21. The van der Waals surface area contributed by atoms with Gasteiger partial charge >= 0.3 is 0 Å². The standard InChI is InChI=1S/C25H29FN4O2S/c1-18-3-9-22(10-4-18)33-16-2-13-27-25(31)20-11-14-30(15-12-20)17-23-28-24(29-32-23)19-5-7-21(26)8-6-19/h3-10,20H,2,11-17H2,1H3,(H,27,31). The first-order valence-corrected chi connectivity index (χ1v) is 12.3. The highest BCUT2D eigenvalue weighted by molar-refractivity contribution is 7.99. The van der Waals surface area contributed by atoms with E-state index in [0.717, 1.165) is 43.7 Å². The molecule has 1 saturated heterocycles. The van der Waals surface area contributed by atoms with Crippen LogP contribution in [0.4, 0.5) is 4.39 Å². The summed E-state index contributed by atoms with van der Waals surface area (Å²) in [6, 6.07) is 14.6. The van der Waals surface area contributed by atoms with E-state index in [1.54, 1.807) is 12.1 Å². The molecule has 1 aliphatic rings. The van der Waals surface area contributed by atoms with Gasteiger partial charge in [-0.25, -0.2) is 4.39 Å². The fourth-order valence-electron chi connectivity index (χ4n) is 3.83. The molecule has 4 rings (SSSR count). The molecule has 0 bridgehead atoms. The second-order valence-electron chi connectivity index (χ2n) is 8.38. The van der Waals surface area contributed by atoms with Crippen molar-refractivity contribution in [1.82, 2.24) is 20.4 Å². The van der Waals surface area contributed by atoms with E-state index in [1.807, 2.05) is 11.8 Å². The number of rotatable bonds is 9. The number of halogens is 1. The van der Waals surface area contributed by atoms with Crippen molar-refractivity contribution in [3.63, 3.8) is 0 Å². The number of likely N-dealkylation sites (tertiary alicyclic amines) is 1.